The van der Waals surface area contributed by atoms with Crippen LogP contribution < -0.4 is 15.2 Å². The highest BCUT2D eigenvalue weighted by Gasteiger charge is 2.29. The number of carbonyl (C=O) groups is 1. The van der Waals surface area contributed by atoms with E-state index >= 15 is 0 Å². The summed E-state index contributed by atoms with van der Waals surface area (Å²) in [4.78, 5) is 14.5. The molecular weight excluding hydrogens is 316 g/mol. The molecule has 0 radical (unpaired) electrons. The van der Waals surface area contributed by atoms with E-state index in [2.05, 4.69) is 13.8 Å². The number of ether oxygens (including phenoxy) is 2. The second-order valence-electron chi connectivity index (χ2n) is 6.22. The molecule has 0 saturated carbocycles. The minimum Gasteiger partial charge on any atom is -0.493 e. The molecule has 0 spiro atoms. The first-order chi connectivity index (χ1) is 11.0. The summed E-state index contributed by atoms with van der Waals surface area (Å²) in [6.45, 7) is 5.85. The summed E-state index contributed by atoms with van der Waals surface area (Å²) in [7, 11) is 1.54. The van der Waals surface area contributed by atoms with Crippen molar-refractivity contribution < 1.29 is 14.3 Å². The third-order valence-electron chi connectivity index (χ3n) is 3.95. The molecule has 1 atom stereocenters. The first kappa shape index (κ1) is 17.9. The minimum atomic E-state index is -0.0615. The molecule has 2 N–H and O–H groups in total. The van der Waals surface area contributed by atoms with Crippen LogP contribution in [-0.2, 0) is 0 Å². The van der Waals surface area contributed by atoms with Gasteiger partial charge in [-0.2, -0.15) is 0 Å². The molecule has 1 saturated heterocycles. The van der Waals surface area contributed by atoms with Gasteiger partial charge < -0.3 is 20.1 Å². The van der Waals surface area contributed by atoms with Gasteiger partial charge in [-0.1, -0.05) is 25.4 Å². The zero-order valence-electron chi connectivity index (χ0n) is 14.0. The Labute approximate surface area is 142 Å². The third-order valence-corrected chi connectivity index (χ3v) is 4.23. The number of rotatable bonds is 6. The molecule has 5 nitrogen and oxygen atoms in total. The van der Waals surface area contributed by atoms with Gasteiger partial charge in [-0.15, -0.1) is 0 Å². The van der Waals surface area contributed by atoms with E-state index < -0.39 is 0 Å². The molecule has 0 bridgehead atoms. The Morgan fingerprint density at radius 2 is 2.22 bits per heavy atom. The van der Waals surface area contributed by atoms with Gasteiger partial charge in [-0.3, -0.25) is 4.79 Å². The molecule has 0 aromatic heterocycles. The summed E-state index contributed by atoms with van der Waals surface area (Å²) in [6.07, 6.45) is 1.93. The molecule has 1 aliphatic heterocycles. The first-order valence-corrected chi connectivity index (χ1v) is 8.37. The third kappa shape index (κ3) is 4.09. The van der Waals surface area contributed by atoms with Crippen LogP contribution in [0.1, 0.15) is 37.0 Å². The fourth-order valence-electron chi connectivity index (χ4n) is 2.75. The number of amides is 1. The van der Waals surface area contributed by atoms with E-state index in [1.54, 1.807) is 19.2 Å². The average molecular weight is 341 g/mol. The van der Waals surface area contributed by atoms with Gasteiger partial charge in [0.1, 0.15) is 0 Å². The van der Waals surface area contributed by atoms with Crippen molar-refractivity contribution in [3.8, 4) is 11.5 Å². The Balaban J connectivity index is 2.26. The van der Waals surface area contributed by atoms with Gasteiger partial charge >= 0.3 is 0 Å². The number of hydrogen-bond donors (Lipinski definition) is 1. The number of methoxy groups -OCH3 is 1. The van der Waals surface area contributed by atoms with Gasteiger partial charge in [-0.05, 0) is 30.9 Å². The van der Waals surface area contributed by atoms with Gasteiger partial charge in [0.05, 0.1) is 18.7 Å². The molecule has 23 heavy (non-hydrogen) atoms. The van der Waals surface area contributed by atoms with Crippen LogP contribution in [0, 0.1) is 5.92 Å². The van der Waals surface area contributed by atoms with E-state index in [1.807, 2.05) is 4.90 Å². The fourth-order valence-corrected chi connectivity index (χ4v) is 3.01. The lowest BCUT2D eigenvalue weighted by atomic mass is 10.1. The summed E-state index contributed by atoms with van der Waals surface area (Å²) in [5.74, 6) is 1.27. The summed E-state index contributed by atoms with van der Waals surface area (Å²) < 4.78 is 11.1. The zero-order chi connectivity index (χ0) is 17.0. The number of nitrogens with two attached hydrogens (primary N) is 1. The molecule has 2 rings (SSSR count). The Kier molecular flexibility index (Phi) is 6.13. The van der Waals surface area contributed by atoms with Crippen LogP contribution in [0.25, 0.3) is 0 Å². The van der Waals surface area contributed by atoms with Crippen LogP contribution in [0.5, 0.6) is 11.5 Å². The average Bonchev–Trinajstić information content (AvgIpc) is 3.00. The minimum absolute atomic E-state index is 0.0615. The Bertz CT molecular complexity index is 563. The number of carbonyl (C=O) groups excluding carboxylic acids is 1. The van der Waals surface area contributed by atoms with E-state index in [-0.39, 0.29) is 11.9 Å². The molecule has 1 unspecified atom stereocenters. The van der Waals surface area contributed by atoms with Crippen LogP contribution in [-0.4, -0.2) is 43.7 Å². The maximum atomic E-state index is 12.7. The Morgan fingerprint density at radius 3 is 2.83 bits per heavy atom. The maximum absolute atomic E-state index is 12.7. The van der Waals surface area contributed by atoms with E-state index in [4.69, 9.17) is 26.8 Å². The Hall–Kier alpha value is -1.46. The van der Waals surface area contributed by atoms with E-state index in [1.165, 1.54) is 0 Å². The molecule has 1 fully saturated rings. The summed E-state index contributed by atoms with van der Waals surface area (Å²) in [5, 5.41) is 0.386. The van der Waals surface area contributed by atoms with Crippen molar-refractivity contribution in [2.45, 2.75) is 32.7 Å². The van der Waals surface area contributed by atoms with Crippen LogP contribution in [0.3, 0.4) is 0 Å². The second kappa shape index (κ2) is 7.88. The van der Waals surface area contributed by atoms with Crippen molar-refractivity contribution in [3.63, 3.8) is 0 Å². The van der Waals surface area contributed by atoms with Crippen molar-refractivity contribution in [2.75, 3.05) is 26.8 Å². The Morgan fingerprint density at radius 1 is 1.48 bits per heavy atom. The van der Waals surface area contributed by atoms with Crippen LogP contribution in [0.15, 0.2) is 12.1 Å². The quantitative estimate of drug-likeness (QED) is 0.864. The van der Waals surface area contributed by atoms with Gasteiger partial charge in [0.2, 0.25) is 0 Å². The normalized spacial score (nSPS) is 17.7. The summed E-state index contributed by atoms with van der Waals surface area (Å²) in [5.41, 5.74) is 6.26. The number of hydrogen-bond acceptors (Lipinski definition) is 4. The van der Waals surface area contributed by atoms with Crippen molar-refractivity contribution >= 4 is 17.5 Å². The molecule has 1 aromatic carbocycles. The standard InChI is InChI=1S/C17H25ClN2O3/c1-11(2)10-23-16-14(18)7-12(8-15(16)22-3)17(21)20-6-4-5-13(20)9-19/h7-8,11,13H,4-6,9-10,19H2,1-3H3. The lowest BCUT2D eigenvalue weighted by molar-refractivity contribution is 0.0740. The monoisotopic (exact) mass is 340 g/mol. The van der Waals surface area contributed by atoms with E-state index in [0.717, 1.165) is 19.4 Å². The number of likely N-dealkylation sites (tertiary alicyclic amines) is 1. The summed E-state index contributed by atoms with van der Waals surface area (Å²) >= 11 is 6.32. The number of halogens is 1. The predicted octanol–water partition coefficient (Wildman–Crippen LogP) is 2.95. The van der Waals surface area contributed by atoms with E-state index in [0.29, 0.717) is 41.2 Å². The highest BCUT2D eigenvalue weighted by atomic mass is 35.5. The van der Waals surface area contributed by atoms with Crippen molar-refractivity contribution in [1.82, 2.24) is 4.90 Å². The number of nitrogens with zero attached hydrogens (tertiary/aromatic N) is 1. The molecular formula is C17H25ClN2O3. The zero-order valence-corrected chi connectivity index (χ0v) is 14.7. The van der Waals surface area contributed by atoms with Crippen molar-refractivity contribution in [3.05, 3.63) is 22.7 Å². The largest absolute Gasteiger partial charge is 0.493 e. The molecule has 1 amide bonds. The molecule has 1 heterocycles. The molecule has 6 heteroatoms. The molecule has 1 aromatic rings. The summed E-state index contributed by atoms with van der Waals surface area (Å²) in [6, 6.07) is 3.44. The maximum Gasteiger partial charge on any atom is 0.254 e. The molecule has 128 valence electrons. The van der Waals surface area contributed by atoms with Gasteiger partial charge in [-0.25, -0.2) is 0 Å². The van der Waals surface area contributed by atoms with Crippen molar-refractivity contribution in [2.24, 2.45) is 11.7 Å². The van der Waals surface area contributed by atoms with Gasteiger partial charge in [0.25, 0.3) is 5.91 Å². The van der Waals surface area contributed by atoms with Gasteiger partial charge in [0.15, 0.2) is 11.5 Å². The SMILES string of the molecule is COc1cc(C(=O)N2CCCC2CN)cc(Cl)c1OCC(C)C. The lowest BCUT2D eigenvalue weighted by Gasteiger charge is -2.24. The predicted molar refractivity (Wildman–Crippen MR) is 91.4 cm³/mol. The fraction of sp³-hybridized carbons (Fsp3) is 0.588. The van der Waals surface area contributed by atoms with Crippen LogP contribution >= 0.6 is 11.6 Å². The number of benzene rings is 1. The van der Waals surface area contributed by atoms with Crippen molar-refractivity contribution in [1.29, 1.82) is 0 Å². The first-order valence-electron chi connectivity index (χ1n) is 7.99. The smallest absolute Gasteiger partial charge is 0.254 e. The lowest BCUT2D eigenvalue weighted by Crippen LogP contribution is -2.39. The molecule has 0 aliphatic carbocycles. The highest BCUT2D eigenvalue weighted by molar-refractivity contribution is 6.32. The van der Waals surface area contributed by atoms with Crippen LogP contribution in [0.4, 0.5) is 0 Å². The van der Waals surface area contributed by atoms with E-state index in [9.17, 15) is 4.79 Å². The van der Waals surface area contributed by atoms with Crippen LogP contribution in [0.2, 0.25) is 5.02 Å². The topological polar surface area (TPSA) is 64.8 Å². The van der Waals surface area contributed by atoms with Gasteiger partial charge in [0, 0.05) is 24.7 Å². The highest BCUT2D eigenvalue weighted by Crippen LogP contribution is 2.37. The molecule has 1 aliphatic rings. The second-order valence-corrected chi connectivity index (χ2v) is 6.63.